The van der Waals surface area contributed by atoms with Crippen molar-refractivity contribution in [2.75, 3.05) is 0 Å². The van der Waals surface area contributed by atoms with E-state index in [9.17, 15) is 10.2 Å². The first kappa shape index (κ1) is 30.4. The molecule has 0 saturated carbocycles. The summed E-state index contributed by atoms with van der Waals surface area (Å²) < 4.78 is 0. The van der Waals surface area contributed by atoms with Crippen molar-refractivity contribution in [3.63, 3.8) is 0 Å². The number of benzene rings is 2. The predicted octanol–water partition coefficient (Wildman–Crippen LogP) is 7.72. The van der Waals surface area contributed by atoms with Gasteiger partial charge in [0.15, 0.2) is 0 Å². The molecule has 2 aromatic carbocycles. The molecule has 1 aliphatic heterocycles. The van der Waals surface area contributed by atoms with Crippen molar-refractivity contribution in [3.8, 4) is 11.5 Å². The number of phenolic OH excluding ortho intramolecular Hbond substituents is 2. The van der Waals surface area contributed by atoms with E-state index in [2.05, 4.69) is 46.8 Å². The van der Waals surface area contributed by atoms with Crippen LogP contribution in [-0.4, -0.2) is 10.2 Å². The molecule has 0 aliphatic carbocycles. The summed E-state index contributed by atoms with van der Waals surface area (Å²) in [6, 6.07) is 15.6. The van der Waals surface area contributed by atoms with Gasteiger partial charge in [0.1, 0.15) is 0 Å². The molecule has 1 saturated heterocycles. The van der Waals surface area contributed by atoms with Crippen molar-refractivity contribution in [2.45, 2.75) is 55.6 Å². The van der Waals surface area contributed by atoms with Crippen LogP contribution in [-0.2, 0) is 13.7 Å². The average molecular weight is 491 g/mol. The van der Waals surface area contributed by atoms with Crippen molar-refractivity contribution >= 4 is 0 Å². The van der Waals surface area contributed by atoms with Gasteiger partial charge in [-0.2, -0.15) is 0 Å². The quantitative estimate of drug-likeness (QED) is 0.281. The predicted molar refractivity (Wildman–Crippen MR) is 133 cm³/mol. The SMILES string of the molecule is N.N.N.[CH2]C(C)C(c1ccccc1O)C(C)[CH2][Co]1[CH2]C(C)C(c2ccccc2O)C(C)[CH2]1. The Kier molecular flexibility index (Phi) is 12.6. The molecule has 1 heterocycles. The fourth-order valence-corrected chi connectivity index (χ4v) is 9.38. The molecule has 0 spiro atoms. The molecule has 3 rings (SSSR count). The van der Waals surface area contributed by atoms with Gasteiger partial charge in [0, 0.05) is 0 Å². The maximum atomic E-state index is 10.4. The molecular weight excluding hydrogens is 445 g/mol. The molecule has 32 heavy (non-hydrogen) atoms. The van der Waals surface area contributed by atoms with Crippen LogP contribution in [0.4, 0.5) is 0 Å². The molecule has 1 fully saturated rings. The second-order valence-corrected chi connectivity index (χ2v) is 11.8. The third-order valence-electron chi connectivity index (χ3n) is 6.27. The molecule has 0 aromatic heterocycles. The van der Waals surface area contributed by atoms with E-state index in [1.54, 1.807) is 6.07 Å². The fourth-order valence-electron chi connectivity index (χ4n) is 5.22. The van der Waals surface area contributed by atoms with Crippen LogP contribution in [0, 0.1) is 30.6 Å². The normalized spacial score (nSPS) is 23.3. The Hall–Kier alpha value is -1.57. The summed E-state index contributed by atoms with van der Waals surface area (Å²) >= 11 is -0.0385. The van der Waals surface area contributed by atoms with Gasteiger partial charge in [-0.05, 0) is 0 Å². The van der Waals surface area contributed by atoms with Crippen LogP contribution in [0.3, 0.4) is 0 Å². The number of hydrogen-bond acceptors (Lipinski definition) is 5. The third kappa shape index (κ3) is 6.72. The van der Waals surface area contributed by atoms with Gasteiger partial charge in [-0.25, -0.2) is 0 Å². The standard InChI is InChI=1S/2C13H18O.Co.3H3N/c2*1-9(2)13(10(3)4)11-7-5-6-8-12(11)14;;;;/h2*5-10,13-14H,1,3H2,2,4H3;;3*1H3. The van der Waals surface area contributed by atoms with Gasteiger partial charge in [-0.15, -0.1) is 0 Å². The molecule has 6 heteroatoms. The van der Waals surface area contributed by atoms with Gasteiger partial charge in [0.25, 0.3) is 0 Å². The van der Waals surface area contributed by atoms with Crippen molar-refractivity contribution in [1.29, 1.82) is 0 Å². The second-order valence-electron chi connectivity index (χ2n) is 8.99. The van der Waals surface area contributed by atoms with Gasteiger partial charge >= 0.3 is 181 Å². The number of aromatic hydroxyl groups is 2. The molecule has 185 valence electrons. The Morgan fingerprint density at radius 1 is 0.875 bits per heavy atom. The second kappa shape index (κ2) is 13.2. The number of phenols is 2. The van der Waals surface area contributed by atoms with Gasteiger partial charge in [0.05, 0.1) is 0 Å². The van der Waals surface area contributed by atoms with E-state index in [-0.39, 0.29) is 43.9 Å². The van der Waals surface area contributed by atoms with Crippen molar-refractivity contribution in [1.82, 2.24) is 18.5 Å². The van der Waals surface area contributed by atoms with E-state index >= 15 is 0 Å². The average Bonchev–Trinajstić information content (AvgIpc) is 2.64. The monoisotopic (exact) mass is 490 g/mol. The minimum atomic E-state index is -0.0385. The van der Waals surface area contributed by atoms with Crippen LogP contribution in [0.25, 0.3) is 0 Å². The Balaban J connectivity index is 0.00000320. The molecule has 5 nitrogen and oxygen atoms in total. The van der Waals surface area contributed by atoms with Crippen LogP contribution in [0.5, 0.6) is 11.5 Å². The van der Waals surface area contributed by atoms with Gasteiger partial charge in [-0.3, -0.25) is 0 Å². The van der Waals surface area contributed by atoms with Gasteiger partial charge in [0.2, 0.25) is 0 Å². The van der Waals surface area contributed by atoms with Gasteiger partial charge in [-0.1, -0.05) is 0 Å². The maximum absolute atomic E-state index is 10.4. The summed E-state index contributed by atoms with van der Waals surface area (Å²) in [4.78, 5) is 0. The molecule has 2 aromatic rings. The first-order chi connectivity index (χ1) is 13.8. The summed E-state index contributed by atoms with van der Waals surface area (Å²) in [5.74, 6) is 3.45. The first-order valence-electron chi connectivity index (χ1n) is 10.7. The first-order valence-corrected chi connectivity index (χ1v) is 12.9. The minimum absolute atomic E-state index is 0. The molecule has 11 N–H and O–H groups in total. The van der Waals surface area contributed by atoms with E-state index in [1.165, 1.54) is 16.1 Å². The topological polar surface area (TPSA) is 145 Å². The molecule has 0 amide bonds. The Labute approximate surface area is 199 Å². The summed E-state index contributed by atoms with van der Waals surface area (Å²) in [6.07, 6.45) is 0. The summed E-state index contributed by atoms with van der Waals surface area (Å²) in [5.41, 5.74) is 2.16. The van der Waals surface area contributed by atoms with Crippen LogP contribution in [0.2, 0.25) is 16.1 Å². The fraction of sp³-hybridized carbons (Fsp3) is 0.500. The van der Waals surface area contributed by atoms with E-state index < -0.39 is 0 Å². The molecule has 1 radical (unpaired) electrons. The molecular formula is C26H45CoN3O2. The van der Waals surface area contributed by atoms with Crippen molar-refractivity contribution in [2.24, 2.45) is 23.7 Å². The molecule has 1 aliphatic rings. The number of hydrogen-bond donors (Lipinski definition) is 5. The van der Waals surface area contributed by atoms with Crippen molar-refractivity contribution < 1.29 is 23.9 Å². The third-order valence-corrected chi connectivity index (χ3v) is 10.1. The molecule has 0 bridgehead atoms. The van der Waals surface area contributed by atoms with E-state index in [0.717, 1.165) is 11.1 Å². The zero-order chi connectivity index (χ0) is 21.1. The summed E-state index contributed by atoms with van der Waals surface area (Å²) in [5, 5.41) is 24.5. The summed E-state index contributed by atoms with van der Waals surface area (Å²) in [6.45, 7) is 13.6. The van der Waals surface area contributed by atoms with E-state index in [4.69, 9.17) is 0 Å². The zero-order valence-electron chi connectivity index (χ0n) is 20.3. The summed E-state index contributed by atoms with van der Waals surface area (Å²) in [7, 11) is 0. The number of rotatable bonds is 6. The van der Waals surface area contributed by atoms with E-state index in [1.807, 2.05) is 30.3 Å². The van der Waals surface area contributed by atoms with Crippen LogP contribution >= 0.6 is 0 Å². The van der Waals surface area contributed by atoms with E-state index in [0.29, 0.717) is 35.2 Å². The Bertz CT molecular complexity index is 805. The Morgan fingerprint density at radius 3 is 1.88 bits per heavy atom. The van der Waals surface area contributed by atoms with Crippen molar-refractivity contribution in [3.05, 3.63) is 66.6 Å². The Morgan fingerprint density at radius 2 is 1.38 bits per heavy atom. The van der Waals surface area contributed by atoms with Crippen LogP contribution in [0.15, 0.2) is 48.5 Å². The van der Waals surface area contributed by atoms with Crippen LogP contribution in [0.1, 0.15) is 50.7 Å². The van der Waals surface area contributed by atoms with Crippen LogP contribution < -0.4 is 18.5 Å². The number of para-hydroxylation sites is 2. The molecule has 5 unspecified atom stereocenters. The molecule has 5 atom stereocenters. The zero-order valence-corrected chi connectivity index (χ0v) is 21.3. The van der Waals surface area contributed by atoms with Gasteiger partial charge < -0.3 is 18.5 Å².